The van der Waals surface area contributed by atoms with E-state index in [1.54, 1.807) is 0 Å². The molecule has 1 saturated heterocycles. The van der Waals surface area contributed by atoms with Crippen molar-refractivity contribution in [1.29, 1.82) is 0 Å². The van der Waals surface area contributed by atoms with Gasteiger partial charge in [-0.1, -0.05) is 0 Å². The zero-order chi connectivity index (χ0) is 7.68. The Morgan fingerprint density at radius 2 is 2.36 bits per heavy atom. The molecule has 0 radical (unpaired) electrons. The largest absolute Gasteiger partial charge is 0.315 e. The zero-order valence-electron chi connectivity index (χ0n) is 6.67. The van der Waals surface area contributed by atoms with Crippen molar-refractivity contribution in [2.45, 2.75) is 12.8 Å². The van der Waals surface area contributed by atoms with Crippen molar-refractivity contribution in [3.63, 3.8) is 0 Å². The van der Waals surface area contributed by atoms with E-state index in [-0.39, 0.29) is 0 Å². The van der Waals surface area contributed by atoms with Crippen molar-refractivity contribution >= 4 is 0 Å². The highest BCUT2D eigenvalue weighted by Crippen LogP contribution is 2.21. The first-order chi connectivity index (χ1) is 5.38. The minimum atomic E-state index is 0.734. The summed E-state index contributed by atoms with van der Waals surface area (Å²) >= 11 is 0. The summed E-state index contributed by atoms with van der Waals surface area (Å²) in [7, 11) is 0. The predicted molar refractivity (Wildman–Crippen MR) is 44.6 cm³/mol. The second kappa shape index (κ2) is 2.62. The molecule has 11 heavy (non-hydrogen) atoms. The summed E-state index contributed by atoms with van der Waals surface area (Å²) in [5, 5.41) is 3.27. The highest BCUT2D eigenvalue weighted by atomic mass is 14.9. The average molecular weight is 148 g/mol. The molecule has 1 N–H and O–H groups in total. The van der Waals surface area contributed by atoms with Crippen LogP contribution in [0.1, 0.15) is 17.0 Å². The van der Waals surface area contributed by atoms with Crippen molar-refractivity contribution in [3.05, 3.63) is 29.6 Å². The maximum atomic E-state index is 4.07. The fourth-order valence-electron chi connectivity index (χ4n) is 1.45. The van der Waals surface area contributed by atoms with Gasteiger partial charge in [0.05, 0.1) is 0 Å². The summed E-state index contributed by atoms with van der Waals surface area (Å²) in [5.74, 6) is 0.734. The minimum Gasteiger partial charge on any atom is -0.315 e. The van der Waals surface area contributed by atoms with Crippen LogP contribution in [0.25, 0.3) is 0 Å². The summed E-state index contributed by atoms with van der Waals surface area (Å²) in [6, 6.07) is 2.13. The van der Waals surface area contributed by atoms with Crippen LogP contribution in [0.15, 0.2) is 18.5 Å². The summed E-state index contributed by atoms with van der Waals surface area (Å²) in [5.41, 5.74) is 2.78. The van der Waals surface area contributed by atoms with Gasteiger partial charge in [-0.2, -0.15) is 0 Å². The van der Waals surface area contributed by atoms with E-state index < -0.39 is 0 Å². The van der Waals surface area contributed by atoms with Crippen molar-refractivity contribution in [1.82, 2.24) is 10.3 Å². The van der Waals surface area contributed by atoms with Crippen molar-refractivity contribution in [2.24, 2.45) is 0 Å². The maximum absolute atomic E-state index is 4.07. The third kappa shape index (κ3) is 1.14. The summed E-state index contributed by atoms with van der Waals surface area (Å²) in [4.78, 5) is 4.07. The molecule has 0 aromatic carbocycles. The number of hydrogen-bond acceptors (Lipinski definition) is 2. The van der Waals surface area contributed by atoms with Crippen LogP contribution in [-0.4, -0.2) is 18.1 Å². The molecule has 2 heterocycles. The van der Waals surface area contributed by atoms with E-state index in [4.69, 9.17) is 0 Å². The number of aryl methyl sites for hydroxylation is 1. The number of nitrogens with zero attached hydrogens (tertiary/aromatic N) is 1. The molecule has 1 aliphatic rings. The lowest BCUT2D eigenvalue weighted by molar-refractivity contribution is 0.446. The highest BCUT2D eigenvalue weighted by molar-refractivity contribution is 5.28. The molecule has 0 unspecified atom stereocenters. The SMILES string of the molecule is Cc1cnccc1C1CNC1. The topological polar surface area (TPSA) is 24.9 Å². The van der Waals surface area contributed by atoms with E-state index in [1.807, 2.05) is 12.4 Å². The van der Waals surface area contributed by atoms with Crippen LogP contribution in [0.5, 0.6) is 0 Å². The molecule has 0 saturated carbocycles. The number of aromatic nitrogens is 1. The van der Waals surface area contributed by atoms with E-state index in [0.717, 1.165) is 19.0 Å². The van der Waals surface area contributed by atoms with Gasteiger partial charge in [0.25, 0.3) is 0 Å². The van der Waals surface area contributed by atoms with E-state index in [0.29, 0.717) is 0 Å². The molecule has 1 fully saturated rings. The van der Waals surface area contributed by atoms with Crippen LogP contribution in [0.4, 0.5) is 0 Å². The standard InChI is InChI=1S/C9H12N2/c1-7-4-10-3-2-9(7)8-5-11-6-8/h2-4,8,11H,5-6H2,1H3. The van der Waals surface area contributed by atoms with E-state index in [2.05, 4.69) is 23.3 Å². The fraction of sp³-hybridized carbons (Fsp3) is 0.444. The van der Waals surface area contributed by atoms with Gasteiger partial charge in [-0.15, -0.1) is 0 Å². The molecular weight excluding hydrogens is 136 g/mol. The second-order valence-corrected chi connectivity index (χ2v) is 3.09. The first-order valence-corrected chi connectivity index (χ1v) is 3.99. The van der Waals surface area contributed by atoms with Crippen LogP contribution in [-0.2, 0) is 0 Å². The molecular formula is C9H12N2. The number of pyridine rings is 1. The number of rotatable bonds is 1. The van der Waals surface area contributed by atoms with Gasteiger partial charge < -0.3 is 5.32 Å². The molecule has 1 aliphatic heterocycles. The smallest absolute Gasteiger partial charge is 0.0299 e. The number of hydrogen-bond donors (Lipinski definition) is 1. The monoisotopic (exact) mass is 148 g/mol. The van der Waals surface area contributed by atoms with Gasteiger partial charge in [0.15, 0.2) is 0 Å². The molecule has 2 heteroatoms. The first kappa shape index (κ1) is 6.80. The van der Waals surface area contributed by atoms with Crippen molar-refractivity contribution in [2.75, 3.05) is 13.1 Å². The molecule has 0 bridgehead atoms. The van der Waals surface area contributed by atoms with Crippen LogP contribution in [0.2, 0.25) is 0 Å². The molecule has 1 aromatic heterocycles. The van der Waals surface area contributed by atoms with Gasteiger partial charge in [0.2, 0.25) is 0 Å². The Labute approximate surface area is 66.7 Å². The molecule has 0 aliphatic carbocycles. The molecule has 0 amide bonds. The summed E-state index contributed by atoms with van der Waals surface area (Å²) in [6.07, 6.45) is 3.81. The zero-order valence-corrected chi connectivity index (χ0v) is 6.67. The lowest BCUT2D eigenvalue weighted by Crippen LogP contribution is -2.40. The highest BCUT2D eigenvalue weighted by Gasteiger charge is 2.19. The van der Waals surface area contributed by atoms with Gasteiger partial charge in [0, 0.05) is 31.4 Å². The normalized spacial score (nSPS) is 17.9. The van der Waals surface area contributed by atoms with Gasteiger partial charge in [-0.3, -0.25) is 4.98 Å². The van der Waals surface area contributed by atoms with Crippen LogP contribution in [0, 0.1) is 6.92 Å². The number of nitrogens with one attached hydrogen (secondary N) is 1. The van der Waals surface area contributed by atoms with Gasteiger partial charge >= 0.3 is 0 Å². The van der Waals surface area contributed by atoms with Crippen LogP contribution in [0.3, 0.4) is 0 Å². The maximum Gasteiger partial charge on any atom is 0.0299 e. The van der Waals surface area contributed by atoms with Crippen molar-refractivity contribution in [3.8, 4) is 0 Å². The second-order valence-electron chi connectivity index (χ2n) is 3.09. The Kier molecular flexibility index (Phi) is 1.62. The molecule has 0 spiro atoms. The van der Waals surface area contributed by atoms with E-state index in [1.165, 1.54) is 11.1 Å². The van der Waals surface area contributed by atoms with Crippen LogP contribution >= 0.6 is 0 Å². The third-order valence-corrected chi connectivity index (χ3v) is 2.28. The summed E-state index contributed by atoms with van der Waals surface area (Å²) in [6.45, 7) is 4.39. The fourth-order valence-corrected chi connectivity index (χ4v) is 1.45. The Bertz CT molecular complexity index is 253. The van der Waals surface area contributed by atoms with Crippen molar-refractivity contribution < 1.29 is 0 Å². The minimum absolute atomic E-state index is 0.734. The van der Waals surface area contributed by atoms with Crippen LogP contribution < -0.4 is 5.32 Å². The Morgan fingerprint density at radius 3 is 2.91 bits per heavy atom. The molecule has 58 valence electrons. The molecule has 2 rings (SSSR count). The Hall–Kier alpha value is -0.890. The Balaban J connectivity index is 2.28. The molecule has 1 aromatic rings. The van der Waals surface area contributed by atoms with Gasteiger partial charge in [-0.05, 0) is 24.1 Å². The predicted octanol–water partition coefficient (Wildman–Crippen LogP) is 1.08. The lowest BCUT2D eigenvalue weighted by Gasteiger charge is -2.28. The third-order valence-electron chi connectivity index (χ3n) is 2.28. The Morgan fingerprint density at radius 1 is 1.55 bits per heavy atom. The van der Waals surface area contributed by atoms with Gasteiger partial charge in [-0.25, -0.2) is 0 Å². The van der Waals surface area contributed by atoms with E-state index >= 15 is 0 Å². The molecule has 2 nitrogen and oxygen atoms in total. The van der Waals surface area contributed by atoms with E-state index in [9.17, 15) is 0 Å². The first-order valence-electron chi connectivity index (χ1n) is 3.99. The van der Waals surface area contributed by atoms with Gasteiger partial charge in [0.1, 0.15) is 0 Å². The average Bonchev–Trinajstić information content (AvgIpc) is 1.90. The lowest BCUT2D eigenvalue weighted by atomic mass is 9.92. The quantitative estimate of drug-likeness (QED) is 0.644. The summed E-state index contributed by atoms with van der Waals surface area (Å²) < 4.78 is 0. The molecule has 0 atom stereocenters.